The Labute approximate surface area is 127 Å². The standard InChI is InChI=1S/C17H23NO2Si/c1-16(2)12-8-13(16)14(19)17(9-18)10(12)6-7-11(17)15(20)21(3,4)5/h7,10,12-13H,6,8H2,1-5H3/t10-,12+,13-,17+/m0/s1. The normalized spacial score (nSPS) is 39.9. The molecular weight excluding hydrogens is 278 g/mol. The quantitative estimate of drug-likeness (QED) is 0.736. The van der Waals surface area contributed by atoms with Gasteiger partial charge in [0.25, 0.3) is 0 Å². The van der Waals surface area contributed by atoms with Gasteiger partial charge in [0.15, 0.2) is 5.78 Å². The van der Waals surface area contributed by atoms with Crippen LogP contribution >= 0.6 is 0 Å². The highest BCUT2D eigenvalue weighted by molar-refractivity contribution is 7.05. The average molecular weight is 301 g/mol. The lowest BCUT2D eigenvalue weighted by Gasteiger charge is -2.62. The molecular formula is C17H23NO2Si. The molecule has 2 bridgehead atoms. The third-order valence-corrected chi connectivity index (χ3v) is 7.83. The number of carbonyl (C=O) groups excluding carboxylic acids is 2. The fourth-order valence-corrected chi connectivity index (χ4v) is 5.91. The summed E-state index contributed by atoms with van der Waals surface area (Å²) in [6, 6.07) is 2.31. The van der Waals surface area contributed by atoms with Crippen molar-refractivity contribution in [1.29, 1.82) is 5.26 Å². The van der Waals surface area contributed by atoms with Gasteiger partial charge < -0.3 is 4.79 Å². The fourth-order valence-electron chi connectivity index (χ4n) is 4.80. The van der Waals surface area contributed by atoms with Crippen molar-refractivity contribution in [3.8, 4) is 6.07 Å². The molecule has 3 fully saturated rings. The summed E-state index contributed by atoms with van der Waals surface area (Å²) < 4.78 is 0. The summed E-state index contributed by atoms with van der Waals surface area (Å²) in [5.41, 5.74) is -0.585. The Morgan fingerprint density at radius 1 is 1.33 bits per heavy atom. The van der Waals surface area contributed by atoms with Crippen molar-refractivity contribution in [2.45, 2.75) is 46.3 Å². The van der Waals surface area contributed by atoms with Crippen LogP contribution in [0.4, 0.5) is 0 Å². The van der Waals surface area contributed by atoms with Gasteiger partial charge in [-0.2, -0.15) is 5.26 Å². The molecule has 4 atom stereocenters. The second-order valence-electron chi connectivity index (χ2n) is 8.54. The summed E-state index contributed by atoms with van der Waals surface area (Å²) in [7, 11) is -2.05. The van der Waals surface area contributed by atoms with Crippen molar-refractivity contribution in [2.75, 3.05) is 0 Å². The fraction of sp³-hybridized carbons (Fsp3) is 0.706. The molecule has 112 valence electrons. The number of carbonyl (C=O) groups is 2. The van der Waals surface area contributed by atoms with Crippen molar-refractivity contribution in [1.82, 2.24) is 0 Å². The van der Waals surface area contributed by atoms with Crippen LogP contribution in [0.5, 0.6) is 0 Å². The SMILES string of the molecule is CC1(C)[C@@H]2C[C@H]1C(=O)[C@@]1(C#N)C(C(=O)[Si](C)(C)C)=CC[C@@H]21. The Morgan fingerprint density at radius 2 is 1.95 bits per heavy atom. The van der Waals surface area contributed by atoms with Crippen LogP contribution in [0.2, 0.25) is 19.6 Å². The molecule has 0 saturated heterocycles. The summed E-state index contributed by atoms with van der Waals surface area (Å²) >= 11 is 0. The molecule has 4 aliphatic carbocycles. The number of nitriles is 1. The molecule has 21 heavy (non-hydrogen) atoms. The second-order valence-corrected chi connectivity index (χ2v) is 13.5. The first-order chi connectivity index (χ1) is 9.58. The maximum absolute atomic E-state index is 13.1. The Morgan fingerprint density at radius 3 is 2.43 bits per heavy atom. The topological polar surface area (TPSA) is 57.9 Å². The van der Waals surface area contributed by atoms with Gasteiger partial charge in [-0.15, -0.1) is 0 Å². The predicted octanol–water partition coefficient (Wildman–Crippen LogP) is 3.13. The molecule has 0 heterocycles. The zero-order chi connectivity index (χ0) is 15.8. The zero-order valence-corrected chi connectivity index (χ0v) is 14.5. The van der Waals surface area contributed by atoms with E-state index < -0.39 is 13.5 Å². The van der Waals surface area contributed by atoms with Crippen LogP contribution < -0.4 is 0 Å². The molecule has 3 saturated carbocycles. The van der Waals surface area contributed by atoms with Crippen LogP contribution in [0.1, 0.15) is 26.7 Å². The highest BCUT2D eigenvalue weighted by Crippen LogP contribution is 2.69. The van der Waals surface area contributed by atoms with Crippen molar-refractivity contribution < 1.29 is 9.59 Å². The van der Waals surface area contributed by atoms with E-state index in [-0.39, 0.29) is 28.4 Å². The van der Waals surface area contributed by atoms with Gasteiger partial charge in [0.2, 0.25) is 0 Å². The van der Waals surface area contributed by atoms with E-state index in [0.29, 0.717) is 17.9 Å². The minimum atomic E-state index is -2.05. The molecule has 0 amide bonds. The van der Waals surface area contributed by atoms with Crippen LogP contribution in [-0.2, 0) is 9.59 Å². The maximum atomic E-state index is 13.1. The predicted molar refractivity (Wildman–Crippen MR) is 83.0 cm³/mol. The van der Waals surface area contributed by atoms with Crippen molar-refractivity contribution in [3.05, 3.63) is 11.6 Å². The van der Waals surface area contributed by atoms with E-state index >= 15 is 0 Å². The highest BCUT2D eigenvalue weighted by atomic mass is 28.3. The number of rotatable bonds is 2. The highest BCUT2D eigenvalue weighted by Gasteiger charge is 2.71. The molecule has 4 aliphatic rings. The number of hydrogen-bond acceptors (Lipinski definition) is 3. The van der Waals surface area contributed by atoms with E-state index in [1.165, 1.54) is 0 Å². The van der Waals surface area contributed by atoms with Gasteiger partial charge in [0.1, 0.15) is 18.9 Å². The van der Waals surface area contributed by atoms with Gasteiger partial charge in [0.05, 0.1) is 6.07 Å². The molecule has 0 aromatic heterocycles. The van der Waals surface area contributed by atoms with Gasteiger partial charge in [-0.1, -0.05) is 39.6 Å². The zero-order valence-electron chi connectivity index (χ0n) is 13.5. The summed E-state index contributed by atoms with van der Waals surface area (Å²) in [5.74, 6) is 0.389. The number of nitrogens with zero attached hydrogens (tertiary/aromatic N) is 1. The molecule has 0 aliphatic heterocycles. The van der Waals surface area contributed by atoms with Crippen LogP contribution in [0.25, 0.3) is 0 Å². The van der Waals surface area contributed by atoms with E-state index in [9.17, 15) is 14.9 Å². The van der Waals surface area contributed by atoms with Crippen LogP contribution in [0.15, 0.2) is 11.6 Å². The van der Waals surface area contributed by atoms with E-state index in [0.717, 1.165) is 6.42 Å². The summed E-state index contributed by atoms with van der Waals surface area (Å²) in [5, 5.41) is 9.96. The first kappa shape index (κ1) is 14.7. The van der Waals surface area contributed by atoms with Crippen LogP contribution in [0, 0.1) is 39.9 Å². The lowest BCUT2D eigenvalue weighted by molar-refractivity contribution is -0.172. The number of allylic oxidation sites excluding steroid dienone is 2. The first-order valence-corrected chi connectivity index (χ1v) is 11.3. The molecule has 0 spiro atoms. The molecule has 0 aromatic rings. The Bertz CT molecular complexity index is 620. The van der Waals surface area contributed by atoms with Crippen molar-refractivity contribution in [3.63, 3.8) is 0 Å². The lowest BCUT2D eigenvalue weighted by atomic mass is 9.39. The van der Waals surface area contributed by atoms with Crippen LogP contribution in [0.3, 0.4) is 0 Å². The molecule has 0 unspecified atom stereocenters. The Hall–Kier alpha value is -1.21. The minimum absolute atomic E-state index is 0.00635. The monoisotopic (exact) mass is 301 g/mol. The molecule has 3 nitrogen and oxygen atoms in total. The molecule has 4 rings (SSSR count). The molecule has 4 heteroatoms. The maximum Gasteiger partial charge on any atom is 0.161 e. The van der Waals surface area contributed by atoms with Gasteiger partial charge in [0, 0.05) is 11.5 Å². The summed E-state index contributed by atoms with van der Waals surface area (Å²) in [6.07, 6.45) is 3.54. The Balaban J connectivity index is 2.09. The van der Waals surface area contributed by atoms with Gasteiger partial charge in [-0.3, -0.25) is 4.79 Å². The molecule has 0 aromatic carbocycles. The van der Waals surface area contributed by atoms with Crippen LogP contribution in [-0.4, -0.2) is 19.3 Å². The van der Waals surface area contributed by atoms with Gasteiger partial charge in [-0.05, 0) is 30.1 Å². The third-order valence-electron chi connectivity index (χ3n) is 6.19. The molecule has 0 radical (unpaired) electrons. The van der Waals surface area contributed by atoms with E-state index in [1.54, 1.807) is 0 Å². The third kappa shape index (κ3) is 1.53. The van der Waals surface area contributed by atoms with E-state index in [1.807, 2.05) is 25.7 Å². The van der Waals surface area contributed by atoms with Crippen molar-refractivity contribution >= 4 is 19.3 Å². The number of ketones is 1. The van der Waals surface area contributed by atoms with Gasteiger partial charge in [-0.25, -0.2) is 0 Å². The lowest BCUT2D eigenvalue weighted by Crippen LogP contribution is -2.65. The van der Waals surface area contributed by atoms with E-state index in [2.05, 4.69) is 19.9 Å². The molecule has 0 N–H and O–H groups in total. The minimum Gasteiger partial charge on any atom is -0.300 e. The Kier molecular flexibility index (Phi) is 2.77. The average Bonchev–Trinajstić information content (AvgIpc) is 2.76. The smallest absolute Gasteiger partial charge is 0.161 e. The van der Waals surface area contributed by atoms with Crippen molar-refractivity contribution in [2.24, 2.45) is 28.6 Å². The van der Waals surface area contributed by atoms with E-state index in [4.69, 9.17) is 0 Å². The number of hydrogen-bond donors (Lipinski definition) is 0. The van der Waals surface area contributed by atoms with Gasteiger partial charge >= 0.3 is 0 Å². The second kappa shape index (κ2) is 3.95. The summed E-state index contributed by atoms with van der Waals surface area (Å²) in [4.78, 5) is 25.9. The summed E-state index contributed by atoms with van der Waals surface area (Å²) in [6.45, 7) is 10.3. The largest absolute Gasteiger partial charge is 0.300 e. The first-order valence-electron chi connectivity index (χ1n) is 7.79. The number of Topliss-reactive ketones (excluding diaryl/α,β-unsaturated/α-hetero) is 1.